The first kappa shape index (κ1) is 16.7. The Hall–Kier alpha value is -3.74. The van der Waals surface area contributed by atoms with Gasteiger partial charge in [0.15, 0.2) is 0 Å². The molecule has 0 unspecified atom stereocenters. The molecule has 0 atom stereocenters. The summed E-state index contributed by atoms with van der Waals surface area (Å²) in [5, 5.41) is 15.4. The van der Waals surface area contributed by atoms with Crippen LogP contribution in [0.4, 0.5) is 17.1 Å². The van der Waals surface area contributed by atoms with Crippen molar-refractivity contribution < 1.29 is 14.5 Å². The SMILES string of the molecule is CCN1C(=O)c2cccc3c(NC(=O)c4ccccc4[N+](=O)[O-])ccc1c23. The highest BCUT2D eigenvalue weighted by atomic mass is 16.6. The molecule has 3 aromatic carbocycles. The van der Waals surface area contributed by atoms with E-state index in [1.807, 2.05) is 13.0 Å². The third-order valence-corrected chi connectivity index (χ3v) is 4.69. The third-order valence-electron chi connectivity index (χ3n) is 4.69. The maximum absolute atomic E-state index is 12.7. The number of anilines is 2. The van der Waals surface area contributed by atoms with Gasteiger partial charge in [-0.05, 0) is 31.2 Å². The summed E-state index contributed by atoms with van der Waals surface area (Å²) in [5.74, 6) is -0.639. The maximum Gasteiger partial charge on any atom is 0.282 e. The van der Waals surface area contributed by atoms with Crippen molar-refractivity contribution in [2.24, 2.45) is 0 Å². The molecule has 0 spiro atoms. The van der Waals surface area contributed by atoms with Gasteiger partial charge in [-0.2, -0.15) is 0 Å². The number of amides is 2. The van der Waals surface area contributed by atoms with Crippen LogP contribution in [0.1, 0.15) is 27.6 Å². The van der Waals surface area contributed by atoms with Crippen LogP contribution in [0.3, 0.4) is 0 Å². The fourth-order valence-electron chi connectivity index (χ4n) is 3.48. The van der Waals surface area contributed by atoms with Gasteiger partial charge in [-0.3, -0.25) is 19.7 Å². The van der Waals surface area contributed by atoms with Crippen LogP contribution in [0.15, 0.2) is 54.6 Å². The number of hydrogen-bond acceptors (Lipinski definition) is 4. The van der Waals surface area contributed by atoms with Crippen molar-refractivity contribution in [3.05, 3.63) is 75.8 Å². The largest absolute Gasteiger partial charge is 0.321 e. The van der Waals surface area contributed by atoms with Gasteiger partial charge in [-0.15, -0.1) is 0 Å². The molecule has 0 aliphatic carbocycles. The van der Waals surface area contributed by atoms with E-state index in [-0.39, 0.29) is 17.2 Å². The molecule has 1 aliphatic heterocycles. The summed E-state index contributed by atoms with van der Waals surface area (Å²) in [6.45, 7) is 2.45. The fraction of sp³-hybridized carbons (Fsp3) is 0.100. The van der Waals surface area contributed by atoms with Gasteiger partial charge in [-0.25, -0.2) is 0 Å². The van der Waals surface area contributed by atoms with Gasteiger partial charge in [-0.1, -0.05) is 24.3 Å². The molecule has 7 nitrogen and oxygen atoms in total. The number of carbonyl (C=O) groups is 2. The molecule has 0 bridgehead atoms. The highest BCUT2D eigenvalue weighted by Crippen LogP contribution is 2.40. The fourth-order valence-corrected chi connectivity index (χ4v) is 3.48. The summed E-state index contributed by atoms with van der Waals surface area (Å²) in [6.07, 6.45) is 0. The van der Waals surface area contributed by atoms with Crippen LogP contribution in [-0.4, -0.2) is 23.3 Å². The van der Waals surface area contributed by atoms with Gasteiger partial charge >= 0.3 is 0 Å². The lowest BCUT2D eigenvalue weighted by Crippen LogP contribution is -2.25. The first-order valence-electron chi connectivity index (χ1n) is 8.45. The topological polar surface area (TPSA) is 92.6 Å². The molecule has 0 fully saturated rings. The van der Waals surface area contributed by atoms with Crippen LogP contribution in [0.2, 0.25) is 0 Å². The highest BCUT2D eigenvalue weighted by molar-refractivity contribution is 6.27. The van der Waals surface area contributed by atoms with E-state index in [4.69, 9.17) is 0 Å². The number of nitro groups is 1. The van der Waals surface area contributed by atoms with E-state index in [0.29, 0.717) is 17.8 Å². The molecule has 1 aliphatic rings. The molecule has 134 valence electrons. The summed E-state index contributed by atoms with van der Waals surface area (Å²) in [5.41, 5.74) is 1.62. The second-order valence-electron chi connectivity index (χ2n) is 6.14. The van der Waals surface area contributed by atoms with Crippen LogP contribution in [0.5, 0.6) is 0 Å². The summed E-state index contributed by atoms with van der Waals surface area (Å²) in [6, 6.07) is 14.6. The molecule has 0 saturated heterocycles. The van der Waals surface area contributed by atoms with E-state index in [1.165, 1.54) is 18.2 Å². The number of rotatable bonds is 4. The standard InChI is InChI=1S/C20H15N3O4/c1-2-22-17-11-10-15(12-7-5-8-14(18(12)17)20(22)25)21-19(24)13-6-3-4-9-16(13)23(26)27/h3-11H,2H2,1H3,(H,21,24). The lowest BCUT2D eigenvalue weighted by atomic mass is 10.0. The Morgan fingerprint density at radius 1 is 1.11 bits per heavy atom. The Morgan fingerprint density at radius 3 is 2.63 bits per heavy atom. The number of benzene rings is 3. The van der Waals surface area contributed by atoms with E-state index in [1.54, 1.807) is 35.2 Å². The van der Waals surface area contributed by atoms with Crippen LogP contribution >= 0.6 is 0 Å². The Bertz CT molecular complexity index is 1120. The molecule has 0 radical (unpaired) electrons. The second-order valence-corrected chi connectivity index (χ2v) is 6.14. The zero-order valence-corrected chi connectivity index (χ0v) is 14.4. The Labute approximate surface area is 154 Å². The molecule has 1 N–H and O–H groups in total. The summed E-state index contributed by atoms with van der Waals surface area (Å²) in [7, 11) is 0. The lowest BCUT2D eigenvalue weighted by Gasteiger charge is -2.15. The lowest BCUT2D eigenvalue weighted by molar-refractivity contribution is -0.385. The Kier molecular flexibility index (Phi) is 3.84. The minimum absolute atomic E-state index is 0.0167. The molecule has 1 heterocycles. The normalized spacial score (nSPS) is 12.5. The van der Waals surface area contributed by atoms with Crippen LogP contribution in [0, 0.1) is 10.1 Å². The number of hydrogen-bond donors (Lipinski definition) is 1. The van der Waals surface area contributed by atoms with Crippen LogP contribution in [0.25, 0.3) is 10.8 Å². The van der Waals surface area contributed by atoms with Crippen molar-refractivity contribution in [3.63, 3.8) is 0 Å². The first-order valence-corrected chi connectivity index (χ1v) is 8.45. The van der Waals surface area contributed by atoms with Crippen molar-refractivity contribution in [3.8, 4) is 0 Å². The number of nitrogens with zero attached hydrogens (tertiary/aromatic N) is 2. The van der Waals surface area contributed by atoms with E-state index >= 15 is 0 Å². The molecule has 4 rings (SSSR count). The van der Waals surface area contributed by atoms with Crippen molar-refractivity contribution >= 4 is 39.6 Å². The molecule has 7 heteroatoms. The molecular formula is C20H15N3O4. The average Bonchev–Trinajstić information content (AvgIpc) is 2.96. The van der Waals surface area contributed by atoms with Gasteiger partial charge in [0.1, 0.15) is 5.56 Å². The van der Waals surface area contributed by atoms with Gasteiger partial charge in [0, 0.05) is 34.6 Å². The van der Waals surface area contributed by atoms with Crippen molar-refractivity contribution in [2.45, 2.75) is 6.92 Å². The molecule has 2 amide bonds. The summed E-state index contributed by atoms with van der Waals surface area (Å²) in [4.78, 5) is 37.5. The Balaban J connectivity index is 1.79. The molecule has 3 aromatic rings. The number of para-hydroxylation sites is 1. The second kappa shape index (κ2) is 6.21. The predicted molar refractivity (Wildman–Crippen MR) is 102 cm³/mol. The van der Waals surface area contributed by atoms with Crippen LogP contribution < -0.4 is 10.2 Å². The molecular weight excluding hydrogens is 346 g/mol. The van der Waals surface area contributed by atoms with Crippen molar-refractivity contribution in [1.82, 2.24) is 0 Å². The zero-order valence-electron chi connectivity index (χ0n) is 14.4. The number of carbonyl (C=O) groups excluding carboxylic acids is 2. The van der Waals surface area contributed by atoms with Gasteiger partial charge in [0.2, 0.25) is 0 Å². The van der Waals surface area contributed by atoms with E-state index < -0.39 is 10.8 Å². The van der Waals surface area contributed by atoms with Gasteiger partial charge < -0.3 is 10.2 Å². The minimum atomic E-state index is -0.583. The van der Waals surface area contributed by atoms with E-state index in [2.05, 4.69) is 5.32 Å². The molecule has 0 saturated carbocycles. The minimum Gasteiger partial charge on any atom is -0.321 e. The van der Waals surface area contributed by atoms with Gasteiger partial charge in [0.05, 0.1) is 10.6 Å². The van der Waals surface area contributed by atoms with Crippen molar-refractivity contribution in [2.75, 3.05) is 16.8 Å². The van der Waals surface area contributed by atoms with Crippen LogP contribution in [-0.2, 0) is 0 Å². The number of nitrogens with one attached hydrogen (secondary N) is 1. The van der Waals surface area contributed by atoms with E-state index in [0.717, 1.165) is 16.5 Å². The zero-order chi connectivity index (χ0) is 19.1. The van der Waals surface area contributed by atoms with Gasteiger partial charge in [0.25, 0.3) is 17.5 Å². The molecule has 27 heavy (non-hydrogen) atoms. The quantitative estimate of drug-likeness (QED) is 0.562. The molecule has 0 aromatic heterocycles. The maximum atomic E-state index is 12.7. The summed E-state index contributed by atoms with van der Waals surface area (Å²) >= 11 is 0. The first-order chi connectivity index (χ1) is 13.0. The number of nitro benzene ring substituents is 1. The monoisotopic (exact) mass is 361 g/mol. The third kappa shape index (κ3) is 2.52. The average molecular weight is 361 g/mol. The van der Waals surface area contributed by atoms with Crippen molar-refractivity contribution in [1.29, 1.82) is 0 Å². The smallest absolute Gasteiger partial charge is 0.282 e. The van der Waals surface area contributed by atoms with E-state index in [9.17, 15) is 19.7 Å². The Morgan fingerprint density at radius 2 is 1.89 bits per heavy atom. The summed E-state index contributed by atoms with van der Waals surface area (Å²) < 4.78 is 0. The highest BCUT2D eigenvalue weighted by Gasteiger charge is 2.29. The predicted octanol–water partition coefficient (Wildman–Crippen LogP) is 3.98.